The van der Waals surface area contributed by atoms with Crippen molar-refractivity contribution in [3.63, 3.8) is 0 Å². The number of rotatable bonds is 4. The second-order valence-electron chi connectivity index (χ2n) is 4.53. The molecule has 3 aromatic rings. The van der Waals surface area contributed by atoms with E-state index in [0.29, 0.717) is 23.0 Å². The average Bonchev–Trinajstić information content (AvgIpc) is 3.15. The lowest BCUT2D eigenvalue weighted by atomic mass is 10.2. The van der Waals surface area contributed by atoms with Crippen LogP contribution in [0, 0.1) is 6.92 Å². The molecule has 0 spiro atoms. The Hall–Kier alpha value is -2.47. The van der Waals surface area contributed by atoms with Crippen molar-refractivity contribution in [3.8, 4) is 11.3 Å². The Bertz CT molecular complexity index is 749. The van der Waals surface area contributed by atoms with Crippen LogP contribution in [0.4, 0.5) is 0 Å². The molecule has 6 heteroatoms. The van der Waals surface area contributed by atoms with Crippen LogP contribution in [0.1, 0.15) is 21.2 Å². The van der Waals surface area contributed by atoms with Crippen molar-refractivity contribution < 1.29 is 9.32 Å². The van der Waals surface area contributed by atoms with Gasteiger partial charge in [-0.25, -0.2) is 4.98 Å². The highest BCUT2D eigenvalue weighted by Gasteiger charge is 2.11. The van der Waals surface area contributed by atoms with Gasteiger partial charge in [0.1, 0.15) is 5.69 Å². The first-order chi connectivity index (χ1) is 10.2. The number of hydrogen-bond donors (Lipinski definition) is 1. The lowest BCUT2D eigenvalue weighted by molar-refractivity contribution is 0.0949. The van der Waals surface area contributed by atoms with Crippen LogP contribution in [0.25, 0.3) is 11.3 Å². The number of nitrogens with zero attached hydrogens (tertiary/aromatic N) is 2. The number of amides is 1. The van der Waals surface area contributed by atoms with Gasteiger partial charge in [0.2, 0.25) is 0 Å². The van der Waals surface area contributed by atoms with Crippen molar-refractivity contribution in [3.05, 3.63) is 58.2 Å². The predicted molar refractivity (Wildman–Crippen MR) is 80.0 cm³/mol. The molecule has 106 valence electrons. The van der Waals surface area contributed by atoms with Crippen molar-refractivity contribution in [2.75, 3.05) is 0 Å². The van der Waals surface area contributed by atoms with Crippen LogP contribution in [0.2, 0.25) is 0 Å². The predicted octanol–water partition coefficient (Wildman–Crippen LogP) is 3.04. The highest BCUT2D eigenvalue weighted by atomic mass is 32.1. The summed E-state index contributed by atoms with van der Waals surface area (Å²) < 4.78 is 5.28. The van der Waals surface area contributed by atoms with Gasteiger partial charge in [0, 0.05) is 22.7 Å². The number of hydrogen-bond acceptors (Lipinski definition) is 5. The van der Waals surface area contributed by atoms with Crippen LogP contribution >= 0.6 is 11.3 Å². The molecule has 0 unspecified atom stereocenters. The molecule has 2 heterocycles. The molecular formula is C15H13N3O2S. The van der Waals surface area contributed by atoms with E-state index in [2.05, 4.69) is 15.5 Å². The lowest BCUT2D eigenvalue weighted by Crippen LogP contribution is -2.22. The van der Waals surface area contributed by atoms with Gasteiger partial charge in [-0.2, -0.15) is 0 Å². The molecule has 0 fully saturated rings. The molecule has 1 N–H and O–H groups in total. The van der Waals surface area contributed by atoms with E-state index >= 15 is 0 Å². The van der Waals surface area contributed by atoms with Crippen LogP contribution in [-0.4, -0.2) is 16.0 Å². The number of benzene rings is 1. The van der Waals surface area contributed by atoms with Crippen molar-refractivity contribution in [2.24, 2.45) is 0 Å². The van der Waals surface area contributed by atoms with Crippen molar-refractivity contribution in [1.82, 2.24) is 15.5 Å². The van der Waals surface area contributed by atoms with Gasteiger partial charge in [0.05, 0.1) is 6.54 Å². The topological polar surface area (TPSA) is 68.0 Å². The summed E-state index contributed by atoms with van der Waals surface area (Å²) in [6, 6.07) is 11.5. The van der Waals surface area contributed by atoms with Gasteiger partial charge in [-0.1, -0.05) is 35.5 Å². The number of carbonyl (C=O) groups is 1. The summed E-state index contributed by atoms with van der Waals surface area (Å²) in [5.41, 5.74) is 2.48. The summed E-state index contributed by atoms with van der Waals surface area (Å²) >= 11 is 1.33. The first-order valence-corrected chi connectivity index (χ1v) is 7.31. The van der Waals surface area contributed by atoms with Crippen LogP contribution < -0.4 is 5.32 Å². The minimum Gasteiger partial charge on any atom is -0.356 e. The van der Waals surface area contributed by atoms with E-state index in [-0.39, 0.29) is 5.91 Å². The molecule has 0 saturated carbocycles. The van der Waals surface area contributed by atoms with Gasteiger partial charge in [-0.3, -0.25) is 4.79 Å². The number of aromatic nitrogens is 2. The quantitative estimate of drug-likeness (QED) is 0.804. The van der Waals surface area contributed by atoms with Gasteiger partial charge < -0.3 is 9.84 Å². The molecule has 3 rings (SSSR count). The Morgan fingerprint density at radius 1 is 1.33 bits per heavy atom. The minimum absolute atomic E-state index is 0.197. The highest BCUT2D eigenvalue weighted by molar-refractivity contribution is 7.11. The molecule has 0 aliphatic carbocycles. The summed E-state index contributed by atoms with van der Waals surface area (Å²) in [5.74, 6) is 0.488. The van der Waals surface area contributed by atoms with E-state index in [1.807, 2.05) is 48.7 Å². The number of nitrogens with one attached hydrogen (secondary N) is 1. The molecule has 0 aliphatic rings. The molecule has 1 amide bonds. The molecule has 0 aliphatic heterocycles. The zero-order chi connectivity index (χ0) is 14.7. The maximum atomic E-state index is 11.9. The summed E-state index contributed by atoms with van der Waals surface area (Å²) in [4.78, 5) is 16.0. The molecule has 1 aromatic carbocycles. The molecule has 5 nitrogen and oxygen atoms in total. The maximum absolute atomic E-state index is 11.9. The largest absolute Gasteiger partial charge is 0.356 e. The molecule has 0 atom stereocenters. The molecule has 0 saturated heterocycles. The lowest BCUT2D eigenvalue weighted by Gasteiger charge is -1.98. The van der Waals surface area contributed by atoms with E-state index in [4.69, 9.17) is 4.52 Å². The maximum Gasteiger partial charge on any atom is 0.280 e. The standard InChI is InChI=1S/C15H13N3O2S/c1-10-9-21-15(17-10)14(19)16-8-12-7-13(20-18-12)11-5-3-2-4-6-11/h2-7,9H,8H2,1H3,(H,16,19). The third-order valence-corrected chi connectivity index (χ3v) is 3.82. The fraction of sp³-hybridized carbons (Fsp3) is 0.133. The van der Waals surface area contributed by atoms with Crippen molar-refractivity contribution >= 4 is 17.2 Å². The van der Waals surface area contributed by atoms with E-state index < -0.39 is 0 Å². The van der Waals surface area contributed by atoms with Gasteiger partial charge in [-0.05, 0) is 6.92 Å². The zero-order valence-corrected chi connectivity index (χ0v) is 12.2. The number of thiazole rings is 1. The van der Waals surface area contributed by atoms with Gasteiger partial charge >= 0.3 is 0 Å². The van der Waals surface area contributed by atoms with E-state index in [9.17, 15) is 4.79 Å². The molecule has 21 heavy (non-hydrogen) atoms. The molecular weight excluding hydrogens is 286 g/mol. The van der Waals surface area contributed by atoms with Crippen LogP contribution in [0.15, 0.2) is 46.3 Å². The number of carbonyl (C=O) groups excluding carboxylic acids is 1. The van der Waals surface area contributed by atoms with E-state index in [1.54, 1.807) is 0 Å². The fourth-order valence-corrected chi connectivity index (χ4v) is 2.55. The SMILES string of the molecule is Cc1csc(C(=O)NCc2cc(-c3ccccc3)on2)n1. The van der Waals surface area contributed by atoms with Gasteiger partial charge in [0.25, 0.3) is 5.91 Å². The summed E-state index contributed by atoms with van der Waals surface area (Å²) in [5, 5.41) is 9.04. The van der Waals surface area contributed by atoms with Gasteiger partial charge in [0.15, 0.2) is 10.8 Å². The third-order valence-electron chi connectivity index (χ3n) is 2.86. The van der Waals surface area contributed by atoms with E-state index in [1.165, 1.54) is 11.3 Å². The first-order valence-electron chi connectivity index (χ1n) is 6.44. The Morgan fingerprint density at radius 2 is 2.14 bits per heavy atom. The smallest absolute Gasteiger partial charge is 0.280 e. The molecule has 2 aromatic heterocycles. The normalized spacial score (nSPS) is 10.5. The van der Waals surface area contributed by atoms with Gasteiger partial charge in [-0.15, -0.1) is 11.3 Å². The first kappa shape index (κ1) is 13.5. The van der Waals surface area contributed by atoms with Crippen molar-refractivity contribution in [1.29, 1.82) is 0 Å². The second kappa shape index (κ2) is 5.88. The molecule has 0 bridgehead atoms. The minimum atomic E-state index is -0.197. The fourth-order valence-electron chi connectivity index (χ4n) is 1.84. The van der Waals surface area contributed by atoms with E-state index in [0.717, 1.165) is 11.3 Å². The summed E-state index contributed by atoms with van der Waals surface area (Å²) in [7, 11) is 0. The Morgan fingerprint density at radius 3 is 2.86 bits per heavy atom. The summed E-state index contributed by atoms with van der Waals surface area (Å²) in [6.07, 6.45) is 0. The summed E-state index contributed by atoms with van der Waals surface area (Å²) in [6.45, 7) is 2.17. The Balaban J connectivity index is 1.64. The highest BCUT2D eigenvalue weighted by Crippen LogP contribution is 2.19. The third kappa shape index (κ3) is 3.17. The number of aryl methyl sites for hydroxylation is 1. The average molecular weight is 299 g/mol. The van der Waals surface area contributed by atoms with Crippen LogP contribution in [0.5, 0.6) is 0 Å². The van der Waals surface area contributed by atoms with Crippen molar-refractivity contribution in [2.45, 2.75) is 13.5 Å². The Labute approximate surface area is 125 Å². The van der Waals surface area contributed by atoms with Crippen LogP contribution in [0.3, 0.4) is 0 Å². The molecule has 0 radical (unpaired) electrons. The Kier molecular flexibility index (Phi) is 3.79. The zero-order valence-electron chi connectivity index (χ0n) is 11.4. The monoisotopic (exact) mass is 299 g/mol. The van der Waals surface area contributed by atoms with Crippen LogP contribution in [-0.2, 0) is 6.54 Å². The second-order valence-corrected chi connectivity index (χ2v) is 5.38.